The molecule has 22 heavy (non-hydrogen) atoms. The topological polar surface area (TPSA) is 35.5 Å². The first-order valence-corrected chi connectivity index (χ1v) is 7.15. The summed E-state index contributed by atoms with van der Waals surface area (Å²) in [6.07, 6.45) is 0.366. The second kappa shape index (κ2) is 4.88. The Morgan fingerprint density at radius 2 is 1.82 bits per heavy atom. The van der Waals surface area contributed by atoms with Crippen LogP contribution in [0.1, 0.15) is 15.9 Å². The van der Waals surface area contributed by atoms with E-state index in [1.807, 2.05) is 54.6 Å². The lowest BCUT2D eigenvalue weighted by Crippen LogP contribution is -2.01. The SMILES string of the molecule is COc1ccc2cc3c(cc2c1)Oc1ccccc1CC3=O. The molecule has 4 rings (SSSR count). The molecule has 3 heteroatoms. The Morgan fingerprint density at radius 1 is 0.955 bits per heavy atom. The van der Waals surface area contributed by atoms with Crippen LogP contribution >= 0.6 is 0 Å². The number of hydrogen-bond donors (Lipinski definition) is 0. The van der Waals surface area contributed by atoms with Gasteiger partial charge in [0, 0.05) is 12.0 Å². The Bertz CT molecular complexity index is 896. The highest BCUT2D eigenvalue weighted by molar-refractivity contribution is 6.04. The average molecular weight is 290 g/mol. The van der Waals surface area contributed by atoms with Gasteiger partial charge in [0.15, 0.2) is 5.78 Å². The maximum Gasteiger partial charge on any atom is 0.171 e. The Labute approximate surface area is 128 Å². The predicted octanol–water partition coefficient (Wildman–Crippen LogP) is 4.38. The fourth-order valence-electron chi connectivity index (χ4n) is 2.82. The van der Waals surface area contributed by atoms with Crippen LogP contribution in [0.25, 0.3) is 10.8 Å². The van der Waals surface area contributed by atoms with Crippen molar-refractivity contribution < 1.29 is 14.3 Å². The van der Waals surface area contributed by atoms with Crippen LogP contribution < -0.4 is 9.47 Å². The molecule has 0 aliphatic carbocycles. The molecule has 0 N–H and O–H groups in total. The molecule has 0 amide bonds. The number of para-hydroxylation sites is 1. The van der Waals surface area contributed by atoms with E-state index in [1.54, 1.807) is 7.11 Å². The third-order valence-electron chi connectivity index (χ3n) is 3.99. The lowest BCUT2D eigenvalue weighted by Gasteiger charge is -2.10. The van der Waals surface area contributed by atoms with Gasteiger partial charge in [0.25, 0.3) is 0 Å². The fraction of sp³-hybridized carbons (Fsp3) is 0.105. The van der Waals surface area contributed by atoms with Crippen molar-refractivity contribution in [3.05, 3.63) is 65.7 Å². The maximum atomic E-state index is 12.5. The molecular weight excluding hydrogens is 276 g/mol. The van der Waals surface area contributed by atoms with Gasteiger partial charge < -0.3 is 9.47 Å². The van der Waals surface area contributed by atoms with Crippen molar-refractivity contribution in [3.8, 4) is 17.2 Å². The number of carbonyl (C=O) groups excluding carboxylic acids is 1. The number of Topliss-reactive ketones (excluding diaryl/α,β-unsaturated/α-hetero) is 1. The van der Waals surface area contributed by atoms with Crippen molar-refractivity contribution >= 4 is 16.6 Å². The van der Waals surface area contributed by atoms with Crippen LogP contribution in [0.5, 0.6) is 17.2 Å². The van der Waals surface area contributed by atoms with Crippen LogP contribution in [0.4, 0.5) is 0 Å². The molecule has 0 atom stereocenters. The third-order valence-corrected chi connectivity index (χ3v) is 3.99. The molecule has 108 valence electrons. The Balaban J connectivity index is 1.93. The lowest BCUT2D eigenvalue weighted by molar-refractivity contribution is 0.0993. The molecule has 0 unspecified atom stereocenters. The van der Waals surface area contributed by atoms with Crippen molar-refractivity contribution in [2.45, 2.75) is 6.42 Å². The number of methoxy groups -OCH3 is 1. The fourth-order valence-corrected chi connectivity index (χ4v) is 2.82. The number of ketones is 1. The minimum Gasteiger partial charge on any atom is -0.497 e. The van der Waals surface area contributed by atoms with Gasteiger partial charge in [-0.1, -0.05) is 24.3 Å². The van der Waals surface area contributed by atoms with Crippen LogP contribution in [0.2, 0.25) is 0 Å². The summed E-state index contributed by atoms with van der Waals surface area (Å²) in [5.74, 6) is 2.22. The first-order chi connectivity index (χ1) is 10.7. The van der Waals surface area contributed by atoms with Gasteiger partial charge in [-0.05, 0) is 41.1 Å². The maximum absolute atomic E-state index is 12.5. The second-order valence-corrected chi connectivity index (χ2v) is 5.37. The van der Waals surface area contributed by atoms with Gasteiger partial charge >= 0.3 is 0 Å². The standard InChI is InChI=1S/C19H14O3/c1-21-15-7-6-12-9-16-17(20)10-13-4-2-3-5-18(13)22-19(16)11-14(12)8-15/h2-9,11H,10H2,1H3. The highest BCUT2D eigenvalue weighted by Gasteiger charge is 2.21. The number of rotatable bonds is 1. The average Bonchev–Trinajstić information content (AvgIpc) is 2.68. The molecule has 3 nitrogen and oxygen atoms in total. The molecule has 0 aromatic heterocycles. The first kappa shape index (κ1) is 12.9. The van der Waals surface area contributed by atoms with Gasteiger partial charge in [0.05, 0.1) is 12.7 Å². The zero-order valence-corrected chi connectivity index (χ0v) is 12.1. The largest absolute Gasteiger partial charge is 0.497 e. The monoisotopic (exact) mass is 290 g/mol. The molecule has 0 fully saturated rings. The van der Waals surface area contributed by atoms with Crippen molar-refractivity contribution in [2.24, 2.45) is 0 Å². The molecule has 1 heterocycles. The van der Waals surface area contributed by atoms with E-state index in [0.29, 0.717) is 17.7 Å². The van der Waals surface area contributed by atoms with Gasteiger partial charge in [-0.3, -0.25) is 4.79 Å². The number of ether oxygens (including phenoxy) is 2. The van der Waals surface area contributed by atoms with Crippen LogP contribution in [0.3, 0.4) is 0 Å². The Morgan fingerprint density at radius 3 is 2.68 bits per heavy atom. The minimum atomic E-state index is 0.0812. The molecule has 0 bridgehead atoms. The van der Waals surface area contributed by atoms with Gasteiger partial charge in [-0.15, -0.1) is 0 Å². The van der Waals surface area contributed by atoms with Crippen molar-refractivity contribution in [1.82, 2.24) is 0 Å². The van der Waals surface area contributed by atoms with Crippen LogP contribution in [0.15, 0.2) is 54.6 Å². The molecule has 3 aromatic rings. The van der Waals surface area contributed by atoms with E-state index in [-0.39, 0.29) is 5.78 Å². The van der Waals surface area contributed by atoms with E-state index in [9.17, 15) is 4.79 Å². The van der Waals surface area contributed by atoms with E-state index in [4.69, 9.17) is 9.47 Å². The van der Waals surface area contributed by atoms with Crippen molar-refractivity contribution in [3.63, 3.8) is 0 Å². The molecular formula is C19H14O3. The van der Waals surface area contributed by atoms with Crippen molar-refractivity contribution in [2.75, 3.05) is 7.11 Å². The summed E-state index contributed by atoms with van der Waals surface area (Å²) in [6.45, 7) is 0. The number of benzene rings is 3. The van der Waals surface area contributed by atoms with E-state index < -0.39 is 0 Å². The predicted molar refractivity (Wildman–Crippen MR) is 85.1 cm³/mol. The number of fused-ring (bicyclic) bond motifs is 3. The summed E-state index contributed by atoms with van der Waals surface area (Å²) in [7, 11) is 1.64. The van der Waals surface area contributed by atoms with E-state index >= 15 is 0 Å². The van der Waals surface area contributed by atoms with Crippen LogP contribution in [-0.4, -0.2) is 12.9 Å². The summed E-state index contributed by atoms with van der Waals surface area (Å²) in [6, 6.07) is 17.3. The Kier molecular flexibility index (Phi) is 2.86. The summed E-state index contributed by atoms with van der Waals surface area (Å²) < 4.78 is 11.3. The van der Waals surface area contributed by atoms with Crippen molar-refractivity contribution in [1.29, 1.82) is 0 Å². The van der Waals surface area contributed by atoms with E-state index in [2.05, 4.69) is 0 Å². The Hall–Kier alpha value is -2.81. The molecule has 0 radical (unpaired) electrons. The van der Waals surface area contributed by atoms with Crippen LogP contribution in [0, 0.1) is 0 Å². The smallest absolute Gasteiger partial charge is 0.171 e. The highest BCUT2D eigenvalue weighted by Crippen LogP contribution is 2.36. The zero-order chi connectivity index (χ0) is 15.1. The molecule has 1 aliphatic heterocycles. The van der Waals surface area contributed by atoms with Gasteiger partial charge in [0.2, 0.25) is 0 Å². The molecule has 1 aliphatic rings. The summed E-state index contributed by atoms with van der Waals surface area (Å²) >= 11 is 0. The summed E-state index contributed by atoms with van der Waals surface area (Å²) in [5.41, 5.74) is 1.55. The van der Waals surface area contributed by atoms with Gasteiger partial charge in [-0.25, -0.2) is 0 Å². The molecule has 3 aromatic carbocycles. The van der Waals surface area contributed by atoms with Crippen LogP contribution in [-0.2, 0) is 6.42 Å². The minimum absolute atomic E-state index is 0.0812. The number of hydrogen-bond acceptors (Lipinski definition) is 3. The lowest BCUT2D eigenvalue weighted by atomic mass is 10.00. The quantitative estimate of drug-likeness (QED) is 0.667. The highest BCUT2D eigenvalue weighted by atomic mass is 16.5. The zero-order valence-electron chi connectivity index (χ0n) is 12.1. The normalized spacial score (nSPS) is 13.0. The first-order valence-electron chi connectivity index (χ1n) is 7.15. The van der Waals surface area contributed by atoms with E-state index in [0.717, 1.165) is 27.8 Å². The molecule has 0 spiro atoms. The number of carbonyl (C=O) groups is 1. The van der Waals surface area contributed by atoms with Gasteiger partial charge in [0.1, 0.15) is 17.2 Å². The molecule has 0 saturated carbocycles. The molecule has 0 saturated heterocycles. The third kappa shape index (κ3) is 2.02. The second-order valence-electron chi connectivity index (χ2n) is 5.37. The van der Waals surface area contributed by atoms with Gasteiger partial charge in [-0.2, -0.15) is 0 Å². The van der Waals surface area contributed by atoms with E-state index in [1.165, 1.54) is 0 Å². The summed E-state index contributed by atoms with van der Waals surface area (Å²) in [5, 5.41) is 1.99. The summed E-state index contributed by atoms with van der Waals surface area (Å²) in [4.78, 5) is 12.5.